The highest BCUT2D eigenvalue weighted by atomic mass is 16.5. The average Bonchev–Trinajstić information content (AvgIpc) is 2.96. The minimum absolute atomic E-state index is 0.120. The molecule has 0 aromatic heterocycles. The summed E-state index contributed by atoms with van der Waals surface area (Å²) in [7, 11) is 2.97. The maximum atomic E-state index is 14.1. The molecular formula is C31H32N2O10. The monoisotopic (exact) mass is 592 g/mol. The van der Waals surface area contributed by atoms with Crippen LogP contribution in [-0.4, -0.2) is 87.2 Å². The number of hydrogen-bond acceptors (Lipinski definition) is 11. The number of esters is 1. The molecule has 0 spiro atoms. The van der Waals surface area contributed by atoms with Gasteiger partial charge in [0.05, 0.1) is 24.1 Å². The highest BCUT2D eigenvalue weighted by Crippen LogP contribution is 2.56. The number of amides is 1. The summed E-state index contributed by atoms with van der Waals surface area (Å²) in [5, 5.41) is 45.9. The third kappa shape index (κ3) is 4.45. The van der Waals surface area contributed by atoms with E-state index in [2.05, 4.69) is 0 Å². The average molecular weight is 593 g/mol. The van der Waals surface area contributed by atoms with Crippen molar-refractivity contribution in [3.05, 3.63) is 82.3 Å². The number of fused-ring (bicyclic) bond motifs is 3. The minimum Gasteiger partial charge on any atom is -0.510 e. The van der Waals surface area contributed by atoms with Crippen LogP contribution in [-0.2, 0) is 19.1 Å². The van der Waals surface area contributed by atoms with Crippen molar-refractivity contribution in [2.75, 3.05) is 20.7 Å². The van der Waals surface area contributed by atoms with Crippen molar-refractivity contribution in [3.63, 3.8) is 0 Å². The number of primary amides is 1. The number of benzene rings is 2. The fraction of sp³-hybridized carbons (Fsp3) is 0.355. The quantitative estimate of drug-likeness (QED) is 0.232. The van der Waals surface area contributed by atoms with Gasteiger partial charge in [-0.2, -0.15) is 0 Å². The van der Waals surface area contributed by atoms with E-state index in [4.69, 9.17) is 15.2 Å². The number of likely N-dealkylation sites (N-methyl/N-ethyl adjacent to an activating group) is 1. The lowest BCUT2D eigenvalue weighted by Crippen LogP contribution is -2.69. The first-order valence-corrected chi connectivity index (χ1v) is 13.7. The van der Waals surface area contributed by atoms with Gasteiger partial charge in [-0.1, -0.05) is 37.3 Å². The summed E-state index contributed by atoms with van der Waals surface area (Å²) < 4.78 is 12.0. The van der Waals surface area contributed by atoms with E-state index in [9.17, 15) is 39.6 Å². The fourth-order valence-electron chi connectivity index (χ4n) is 6.65. The van der Waals surface area contributed by atoms with Gasteiger partial charge in [0.1, 0.15) is 34.7 Å². The Hall–Kier alpha value is -4.68. The lowest BCUT2D eigenvalue weighted by molar-refractivity contribution is -0.181. The first-order chi connectivity index (χ1) is 20.4. The molecule has 3 aliphatic carbocycles. The largest absolute Gasteiger partial charge is 0.510 e. The number of ether oxygens (including phenoxy) is 2. The number of aliphatic hydroxyl groups excluding tert-OH is 2. The topological polar surface area (TPSA) is 197 Å². The predicted octanol–water partition coefficient (Wildman–Crippen LogP) is 1.67. The van der Waals surface area contributed by atoms with Gasteiger partial charge in [-0.05, 0) is 37.9 Å². The highest BCUT2D eigenvalue weighted by Gasteiger charge is 2.69. The van der Waals surface area contributed by atoms with Gasteiger partial charge in [0, 0.05) is 23.8 Å². The number of nitrogens with two attached hydrogens (primary N) is 1. The maximum absolute atomic E-state index is 14.1. The normalized spacial score (nSPS) is 28.3. The number of carbonyl (C=O) groups excluding carboxylic acids is 4. The molecule has 0 fully saturated rings. The molecule has 6 N–H and O–H groups in total. The molecule has 3 aliphatic rings. The van der Waals surface area contributed by atoms with Crippen molar-refractivity contribution in [1.29, 1.82) is 0 Å². The molecule has 0 bridgehead atoms. The molecule has 0 aliphatic heterocycles. The Labute approximate surface area is 246 Å². The molecule has 12 heteroatoms. The van der Waals surface area contributed by atoms with E-state index in [0.717, 1.165) is 0 Å². The molecule has 2 aromatic rings. The summed E-state index contributed by atoms with van der Waals surface area (Å²) >= 11 is 0. The second-order valence-electron chi connectivity index (χ2n) is 11.1. The van der Waals surface area contributed by atoms with Gasteiger partial charge in [-0.3, -0.25) is 24.1 Å². The van der Waals surface area contributed by atoms with E-state index in [1.165, 1.54) is 38.1 Å². The summed E-state index contributed by atoms with van der Waals surface area (Å²) in [6.45, 7) is 1.38. The number of ketones is 2. The van der Waals surface area contributed by atoms with E-state index in [1.807, 2.05) is 0 Å². The number of para-hydroxylation sites is 1. The Morgan fingerprint density at radius 1 is 1.02 bits per heavy atom. The molecule has 2 aromatic carbocycles. The number of phenols is 1. The maximum Gasteiger partial charge on any atom is 0.305 e. The van der Waals surface area contributed by atoms with Crippen LogP contribution < -0.4 is 10.5 Å². The van der Waals surface area contributed by atoms with E-state index in [0.29, 0.717) is 11.3 Å². The van der Waals surface area contributed by atoms with Crippen molar-refractivity contribution in [2.45, 2.75) is 37.0 Å². The Bertz CT molecular complexity index is 1580. The number of rotatable bonds is 7. The smallest absolute Gasteiger partial charge is 0.305 e. The number of nitrogens with zero attached hydrogens (tertiary/aromatic N) is 1. The van der Waals surface area contributed by atoms with Gasteiger partial charge >= 0.3 is 5.97 Å². The van der Waals surface area contributed by atoms with Crippen molar-refractivity contribution < 1.29 is 49.1 Å². The SMILES string of the molecule is CCC(=O)OC1C2C(=C(O)C3(O)C(=O)C(C(N)=O)=C(O)C(N(C)C)C13)C(=O)c1c(O)cccc1C2COc1ccccc1. The van der Waals surface area contributed by atoms with E-state index < -0.39 is 87.4 Å². The van der Waals surface area contributed by atoms with E-state index >= 15 is 0 Å². The van der Waals surface area contributed by atoms with Crippen molar-refractivity contribution in [1.82, 2.24) is 4.90 Å². The molecular weight excluding hydrogens is 560 g/mol. The molecule has 1 amide bonds. The number of Topliss-reactive ketones (excluding diaryl/α,β-unsaturated/α-hetero) is 2. The van der Waals surface area contributed by atoms with Gasteiger partial charge < -0.3 is 35.6 Å². The van der Waals surface area contributed by atoms with Crippen LogP contribution in [0.4, 0.5) is 0 Å². The Morgan fingerprint density at radius 2 is 1.70 bits per heavy atom. The van der Waals surface area contributed by atoms with Crippen LogP contribution in [0.1, 0.15) is 35.2 Å². The summed E-state index contributed by atoms with van der Waals surface area (Å²) in [6.07, 6.45) is -1.63. The second kappa shape index (κ2) is 10.9. The third-order valence-electron chi connectivity index (χ3n) is 8.50. The van der Waals surface area contributed by atoms with Crippen LogP contribution in [0.2, 0.25) is 0 Å². The summed E-state index contributed by atoms with van der Waals surface area (Å²) in [5.74, 6) is -9.99. The minimum atomic E-state index is -3.02. The Kier molecular flexibility index (Phi) is 7.53. The van der Waals surface area contributed by atoms with E-state index in [1.54, 1.807) is 36.4 Å². The zero-order valence-electron chi connectivity index (χ0n) is 23.7. The van der Waals surface area contributed by atoms with Crippen LogP contribution in [0.5, 0.6) is 11.5 Å². The molecule has 226 valence electrons. The third-order valence-corrected chi connectivity index (χ3v) is 8.50. The Balaban J connectivity index is 1.82. The number of hydrogen-bond donors (Lipinski definition) is 5. The molecule has 0 saturated heterocycles. The molecule has 12 nitrogen and oxygen atoms in total. The zero-order chi connectivity index (χ0) is 31.4. The summed E-state index contributed by atoms with van der Waals surface area (Å²) in [6, 6.07) is 11.7. The number of carbonyl (C=O) groups is 4. The zero-order valence-corrected chi connectivity index (χ0v) is 23.7. The van der Waals surface area contributed by atoms with Gasteiger partial charge in [-0.25, -0.2) is 0 Å². The highest BCUT2D eigenvalue weighted by molar-refractivity contribution is 6.25. The molecule has 43 heavy (non-hydrogen) atoms. The van der Waals surface area contributed by atoms with Crippen molar-refractivity contribution in [3.8, 4) is 11.5 Å². The molecule has 0 saturated carbocycles. The number of phenolic OH excluding ortho intramolecular Hbond substituents is 1. The molecule has 5 rings (SSSR count). The second-order valence-corrected chi connectivity index (χ2v) is 11.1. The van der Waals surface area contributed by atoms with Crippen molar-refractivity contribution in [2.24, 2.45) is 17.6 Å². The van der Waals surface area contributed by atoms with Crippen LogP contribution in [0.3, 0.4) is 0 Å². The predicted molar refractivity (Wildman–Crippen MR) is 150 cm³/mol. The van der Waals surface area contributed by atoms with Gasteiger partial charge in [0.2, 0.25) is 5.78 Å². The fourth-order valence-corrected chi connectivity index (χ4v) is 6.65. The lowest BCUT2D eigenvalue weighted by Gasteiger charge is -2.54. The van der Waals surface area contributed by atoms with Gasteiger partial charge in [-0.15, -0.1) is 0 Å². The molecule has 0 radical (unpaired) electrons. The standard InChI is InChI=1S/C31H32N2O10/c1-4-18(35)43-27-20-16(13-42-14-9-6-5-7-10-14)15-11-8-12-17(34)19(15)25(36)21(20)28(38)31(41)23(27)24(33(2)3)26(37)22(29(31)39)30(32)40/h5-12,16,20,23-24,27,34,37-38,41H,4,13H2,1-3H3,(H2,32,40). The van der Waals surface area contributed by atoms with Gasteiger partial charge in [0.15, 0.2) is 11.4 Å². The number of aliphatic hydroxyl groups is 3. The summed E-state index contributed by atoms with van der Waals surface area (Å²) in [5.41, 5.74) is 1.10. The lowest BCUT2D eigenvalue weighted by atomic mass is 9.55. The Morgan fingerprint density at radius 3 is 2.30 bits per heavy atom. The molecule has 6 unspecified atom stereocenters. The van der Waals surface area contributed by atoms with Gasteiger partial charge in [0.25, 0.3) is 5.91 Å². The molecule has 0 heterocycles. The van der Waals surface area contributed by atoms with Crippen LogP contribution in [0, 0.1) is 11.8 Å². The first kappa shape index (κ1) is 29.8. The first-order valence-electron chi connectivity index (χ1n) is 13.7. The molecule has 6 atom stereocenters. The number of aromatic hydroxyl groups is 1. The van der Waals surface area contributed by atoms with E-state index in [-0.39, 0.29) is 18.6 Å². The van der Waals surface area contributed by atoms with Crippen LogP contribution in [0.15, 0.2) is 71.2 Å². The van der Waals surface area contributed by atoms with Crippen LogP contribution >= 0.6 is 0 Å². The summed E-state index contributed by atoms with van der Waals surface area (Å²) in [4.78, 5) is 54.5. The van der Waals surface area contributed by atoms with Crippen LogP contribution in [0.25, 0.3) is 0 Å². The van der Waals surface area contributed by atoms with Crippen molar-refractivity contribution >= 4 is 23.4 Å².